The minimum atomic E-state index is -0.513. The third kappa shape index (κ3) is 3.33. The standard InChI is InChI=1S/C18H15FN4O3S/c19-14-5-2-6-15-16(14)20-18(27-15)22-9-7-21(8-10-22)17(24)12-3-1-4-13(11-12)23(25)26/h1-6,11H,7-10H2. The van der Waals surface area contributed by atoms with Gasteiger partial charge < -0.3 is 9.80 Å². The SMILES string of the molecule is O=C(c1cccc([N+](=O)[O-])c1)N1CCN(c2nc3c(F)cccc3s2)CC1. The fourth-order valence-corrected chi connectivity index (χ4v) is 4.11. The summed E-state index contributed by atoms with van der Waals surface area (Å²) in [6.07, 6.45) is 0. The number of hydrogen-bond acceptors (Lipinski definition) is 6. The molecule has 1 aliphatic heterocycles. The lowest BCUT2D eigenvalue weighted by atomic mass is 10.1. The van der Waals surface area contributed by atoms with Crippen LogP contribution in [-0.4, -0.2) is 46.9 Å². The van der Waals surface area contributed by atoms with E-state index in [0.717, 1.165) is 9.83 Å². The number of hydrogen-bond donors (Lipinski definition) is 0. The Labute approximate surface area is 157 Å². The third-order valence-corrected chi connectivity index (χ3v) is 5.58. The summed E-state index contributed by atoms with van der Waals surface area (Å²) >= 11 is 1.43. The van der Waals surface area contributed by atoms with Crippen molar-refractivity contribution in [3.63, 3.8) is 0 Å². The molecule has 2 heterocycles. The van der Waals surface area contributed by atoms with Gasteiger partial charge >= 0.3 is 0 Å². The van der Waals surface area contributed by atoms with Crippen LogP contribution in [0.3, 0.4) is 0 Å². The summed E-state index contributed by atoms with van der Waals surface area (Å²) in [5, 5.41) is 11.6. The van der Waals surface area contributed by atoms with Gasteiger partial charge in [-0.2, -0.15) is 0 Å². The number of nitrogens with zero attached hydrogens (tertiary/aromatic N) is 4. The van der Waals surface area contributed by atoms with E-state index < -0.39 is 4.92 Å². The van der Waals surface area contributed by atoms with Crippen molar-refractivity contribution in [2.24, 2.45) is 0 Å². The maximum absolute atomic E-state index is 13.8. The highest BCUT2D eigenvalue weighted by Gasteiger charge is 2.25. The molecule has 3 aromatic rings. The number of thiazole rings is 1. The van der Waals surface area contributed by atoms with Crippen LogP contribution in [-0.2, 0) is 0 Å². The first-order valence-corrected chi connectivity index (χ1v) is 9.18. The van der Waals surface area contributed by atoms with Gasteiger partial charge in [0.2, 0.25) is 0 Å². The maximum Gasteiger partial charge on any atom is 0.270 e. The molecule has 0 unspecified atom stereocenters. The molecule has 0 radical (unpaired) electrons. The van der Waals surface area contributed by atoms with E-state index in [-0.39, 0.29) is 17.4 Å². The number of fused-ring (bicyclic) bond motifs is 1. The average molecular weight is 386 g/mol. The Morgan fingerprint density at radius 3 is 2.59 bits per heavy atom. The van der Waals surface area contributed by atoms with Crippen molar-refractivity contribution in [3.05, 3.63) is 64.0 Å². The van der Waals surface area contributed by atoms with Gasteiger partial charge in [0, 0.05) is 43.9 Å². The summed E-state index contributed by atoms with van der Waals surface area (Å²) in [5.74, 6) is -0.567. The van der Waals surface area contributed by atoms with Crippen LogP contribution in [0.1, 0.15) is 10.4 Å². The van der Waals surface area contributed by atoms with Crippen molar-refractivity contribution in [2.75, 3.05) is 31.1 Å². The van der Waals surface area contributed by atoms with Gasteiger partial charge in [-0.25, -0.2) is 9.37 Å². The molecule has 7 nitrogen and oxygen atoms in total. The molecule has 9 heteroatoms. The number of rotatable bonds is 3. The lowest BCUT2D eigenvalue weighted by Crippen LogP contribution is -2.48. The number of aromatic nitrogens is 1. The molecule has 1 aromatic heterocycles. The number of carbonyl (C=O) groups is 1. The van der Waals surface area contributed by atoms with Crippen LogP contribution in [0.15, 0.2) is 42.5 Å². The van der Waals surface area contributed by atoms with E-state index in [1.807, 2.05) is 11.0 Å². The molecule has 4 rings (SSSR count). The largest absolute Gasteiger partial charge is 0.345 e. The molecule has 1 saturated heterocycles. The highest BCUT2D eigenvalue weighted by atomic mass is 32.1. The summed E-state index contributed by atoms with van der Waals surface area (Å²) in [6.45, 7) is 2.09. The second-order valence-electron chi connectivity index (χ2n) is 6.17. The molecule has 138 valence electrons. The van der Waals surface area contributed by atoms with Gasteiger partial charge in [0.15, 0.2) is 5.13 Å². The van der Waals surface area contributed by atoms with Crippen molar-refractivity contribution < 1.29 is 14.1 Å². The second kappa shape index (κ2) is 6.92. The van der Waals surface area contributed by atoms with Crippen LogP contribution in [0.25, 0.3) is 10.2 Å². The topological polar surface area (TPSA) is 79.6 Å². The van der Waals surface area contributed by atoms with Crippen molar-refractivity contribution in [2.45, 2.75) is 0 Å². The lowest BCUT2D eigenvalue weighted by Gasteiger charge is -2.34. The first kappa shape index (κ1) is 17.3. The Bertz CT molecular complexity index is 1030. The molecule has 1 aliphatic rings. The Morgan fingerprint density at radius 1 is 1.15 bits per heavy atom. The molecule has 1 fully saturated rings. The van der Waals surface area contributed by atoms with Gasteiger partial charge in [0.05, 0.1) is 9.62 Å². The molecule has 0 N–H and O–H groups in total. The smallest absolute Gasteiger partial charge is 0.270 e. The van der Waals surface area contributed by atoms with E-state index in [0.29, 0.717) is 37.3 Å². The zero-order chi connectivity index (χ0) is 19.0. The van der Waals surface area contributed by atoms with Gasteiger partial charge in [-0.15, -0.1) is 0 Å². The number of halogens is 1. The van der Waals surface area contributed by atoms with Crippen LogP contribution in [0, 0.1) is 15.9 Å². The van der Waals surface area contributed by atoms with Crippen LogP contribution in [0.4, 0.5) is 15.2 Å². The van der Waals surface area contributed by atoms with Crippen LogP contribution < -0.4 is 4.90 Å². The van der Waals surface area contributed by atoms with E-state index in [1.54, 1.807) is 17.0 Å². The average Bonchev–Trinajstić information content (AvgIpc) is 3.13. The minimum Gasteiger partial charge on any atom is -0.345 e. The zero-order valence-corrected chi connectivity index (χ0v) is 15.0. The van der Waals surface area contributed by atoms with Crippen LogP contribution >= 0.6 is 11.3 Å². The maximum atomic E-state index is 13.8. The number of anilines is 1. The van der Waals surface area contributed by atoms with E-state index in [4.69, 9.17) is 0 Å². The fourth-order valence-electron chi connectivity index (χ4n) is 3.07. The minimum absolute atomic E-state index is 0.101. The van der Waals surface area contributed by atoms with Crippen molar-refractivity contribution in [3.8, 4) is 0 Å². The molecule has 27 heavy (non-hydrogen) atoms. The summed E-state index contributed by atoms with van der Waals surface area (Å²) in [4.78, 5) is 31.1. The predicted molar refractivity (Wildman–Crippen MR) is 101 cm³/mol. The number of piperazine rings is 1. The van der Waals surface area contributed by atoms with Gasteiger partial charge in [0.1, 0.15) is 11.3 Å². The Kier molecular flexibility index (Phi) is 4.44. The molecule has 0 aliphatic carbocycles. The molecule has 0 spiro atoms. The highest BCUT2D eigenvalue weighted by Crippen LogP contribution is 2.30. The van der Waals surface area contributed by atoms with Crippen molar-refractivity contribution in [1.29, 1.82) is 0 Å². The predicted octanol–water partition coefficient (Wildman–Crippen LogP) is 3.31. The first-order valence-electron chi connectivity index (χ1n) is 8.36. The number of benzene rings is 2. The molecule has 1 amide bonds. The number of nitro benzene ring substituents is 1. The van der Waals surface area contributed by atoms with Crippen molar-refractivity contribution in [1.82, 2.24) is 9.88 Å². The molecule has 0 bridgehead atoms. The van der Waals surface area contributed by atoms with E-state index >= 15 is 0 Å². The first-order chi connectivity index (χ1) is 13.0. The zero-order valence-electron chi connectivity index (χ0n) is 14.2. The number of non-ortho nitro benzene ring substituents is 1. The molecule has 0 saturated carbocycles. The number of carbonyl (C=O) groups excluding carboxylic acids is 1. The van der Waals surface area contributed by atoms with Crippen LogP contribution in [0.5, 0.6) is 0 Å². The van der Waals surface area contributed by atoms with Crippen molar-refractivity contribution >= 4 is 38.3 Å². The highest BCUT2D eigenvalue weighted by molar-refractivity contribution is 7.22. The van der Waals surface area contributed by atoms with Gasteiger partial charge in [0.25, 0.3) is 11.6 Å². The fraction of sp³-hybridized carbons (Fsp3) is 0.222. The molecular formula is C18H15FN4O3S. The third-order valence-electron chi connectivity index (χ3n) is 4.50. The van der Waals surface area contributed by atoms with Crippen LogP contribution in [0.2, 0.25) is 0 Å². The van der Waals surface area contributed by atoms with E-state index in [9.17, 15) is 19.3 Å². The number of nitro groups is 1. The Hall–Kier alpha value is -3.07. The van der Waals surface area contributed by atoms with Gasteiger partial charge in [-0.3, -0.25) is 14.9 Å². The normalized spacial score (nSPS) is 14.6. The van der Waals surface area contributed by atoms with Gasteiger partial charge in [-0.1, -0.05) is 23.5 Å². The Balaban J connectivity index is 1.46. The number of amides is 1. The second-order valence-corrected chi connectivity index (χ2v) is 7.18. The lowest BCUT2D eigenvalue weighted by molar-refractivity contribution is -0.384. The number of para-hydroxylation sites is 1. The van der Waals surface area contributed by atoms with E-state index in [2.05, 4.69) is 4.98 Å². The molecule has 0 atom stereocenters. The van der Waals surface area contributed by atoms with E-state index in [1.165, 1.54) is 35.6 Å². The Morgan fingerprint density at radius 2 is 1.89 bits per heavy atom. The summed E-state index contributed by atoms with van der Waals surface area (Å²) in [6, 6.07) is 10.6. The summed E-state index contributed by atoms with van der Waals surface area (Å²) in [5.41, 5.74) is 0.572. The molecule has 2 aromatic carbocycles. The molecular weight excluding hydrogens is 371 g/mol. The summed E-state index contributed by atoms with van der Waals surface area (Å²) in [7, 11) is 0. The summed E-state index contributed by atoms with van der Waals surface area (Å²) < 4.78 is 14.6. The van der Waals surface area contributed by atoms with Gasteiger partial charge in [-0.05, 0) is 18.2 Å². The quantitative estimate of drug-likeness (QED) is 0.510. The monoisotopic (exact) mass is 386 g/mol.